The zero-order valence-corrected chi connectivity index (χ0v) is 15.2. The first-order valence-corrected chi connectivity index (χ1v) is 9.40. The molecule has 25 heavy (non-hydrogen) atoms. The van der Waals surface area contributed by atoms with Crippen molar-refractivity contribution < 1.29 is 4.74 Å². The van der Waals surface area contributed by atoms with Crippen molar-refractivity contribution in [3.05, 3.63) is 53.9 Å². The molecule has 2 heterocycles. The van der Waals surface area contributed by atoms with Crippen molar-refractivity contribution in [3.8, 4) is 5.69 Å². The van der Waals surface area contributed by atoms with E-state index in [4.69, 9.17) is 4.74 Å². The number of allylic oxidation sites excluding steroid dienone is 1. The van der Waals surface area contributed by atoms with Gasteiger partial charge in [0.25, 0.3) is 0 Å². The smallest absolute Gasteiger partial charge is 0.0678 e. The zero-order valence-electron chi connectivity index (χ0n) is 15.2. The van der Waals surface area contributed by atoms with Gasteiger partial charge in [-0.05, 0) is 50.8 Å². The first kappa shape index (κ1) is 16.6. The van der Waals surface area contributed by atoms with Gasteiger partial charge in [0, 0.05) is 25.2 Å². The summed E-state index contributed by atoms with van der Waals surface area (Å²) in [6, 6.07) is 10.5. The molecule has 0 unspecified atom stereocenters. The molecule has 1 saturated heterocycles. The molecule has 132 valence electrons. The van der Waals surface area contributed by atoms with E-state index in [-0.39, 0.29) is 0 Å². The Labute approximate surface area is 150 Å². The monoisotopic (exact) mass is 337 g/mol. The summed E-state index contributed by atoms with van der Waals surface area (Å²) in [5.41, 5.74) is 5.30. The molecule has 1 aliphatic heterocycles. The molecule has 4 nitrogen and oxygen atoms in total. The summed E-state index contributed by atoms with van der Waals surface area (Å²) in [5, 5.41) is 4.68. The molecule has 0 radical (unpaired) electrons. The minimum Gasteiger partial charge on any atom is -0.373 e. The molecule has 0 amide bonds. The van der Waals surface area contributed by atoms with Crippen LogP contribution in [0, 0.1) is 0 Å². The Morgan fingerprint density at radius 3 is 2.64 bits per heavy atom. The molecule has 0 saturated carbocycles. The van der Waals surface area contributed by atoms with E-state index in [1.165, 1.54) is 23.3 Å². The Kier molecular flexibility index (Phi) is 4.73. The van der Waals surface area contributed by atoms with E-state index in [9.17, 15) is 0 Å². The first-order valence-electron chi connectivity index (χ1n) is 9.40. The predicted molar refractivity (Wildman–Crippen MR) is 101 cm³/mol. The van der Waals surface area contributed by atoms with Gasteiger partial charge in [-0.3, -0.25) is 4.90 Å². The number of fused-ring (bicyclic) bond motifs is 1. The third-order valence-corrected chi connectivity index (χ3v) is 5.17. The normalized spacial score (nSPS) is 25.9. The molecule has 0 N–H and O–H groups in total. The minimum absolute atomic E-state index is 0.324. The molecule has 1 aromatic carbocycles. The number of rotatable bonds is 3. The van der Waals surface area contributed by atoms with E-state index in [0.29, 0.717) is 12.2 Å². The number of hydrogen-bond acceptors (Lipinski definition) is 3. The third-order valence-electron chi connectivity index (χ3n) is 5.17. The van der Waals surface area contributed by atoms with Crippen LogP contribution < -0.4 is 0 Å². The van der Waals surface area contributed by atoms with Gasteiger partial charge in [-0.25, -0.2) is 4.68 Å². The van der Waals surface area contributed by atoms with Crippen molar-refractivity contribution in [2.75, 3.05) is 19.6 Å². The molecule has 1 fully saturated rings. The van der Waals surface area contributed by atoms with Crippen molar-refractivity contribution >= 4 is 5.57 Å². The SMILES string of the molecule is C[C@@H]1CN(CC=C2CCCc3c2cnn3-c2ccccc2)C[C@H](C)O1. The van der Waals surface area contributed by atoms with Crippen LogP contribution in [-0.2, 0) is 11.2 Å². The molecular formula is C21H27N3O. The van der Waals surface area contributed by atoms with Crippen molar-refractivity contribution in [1.29, 1.82) is 0 Å². The molecule has 4 rings (SSSR count). The van der Waals surface area contributed by atoms with Gasteiger partial charge in [-0.2, -0.15) is 5.10 Å². The van der Waals surface area contributed by atoms with Crippen molar-refractivity contribution in [3.63, 3.8) is 0 Å². The number of aromatic nitrogens is 2. The number of para-hydroxylation sites is 1. The Hall–Kier alpha value is -1.91. The van der Waals surface area contributed by atoms with Gasteiger partial charge in [0.2, 0.25) is 0 Å². The summed E-state index contributed by atoms with van der Waals surface area (Å²) < 4.78 is 7.95. The highest BCUT2D eigenvalue weighted by molar-refractivity contribution is 5.69. The summed E-state index contributed by atoms with van der Waals surface area (Å²) >= 11 is 0. The molecule has 1 aromatic heterocycles. The molecule has 4 heteroatoms. The van der Waals surface area contributed by atoms with Gasteiger partial charge in [0.1, 0.15) is 0 Å². The summed E-state index contributed by atoms with van der Waals surface area (Å²) in [5.74, 6) is 0. The molecule has 0 spiro atoms. The van der Waals surface area contributed by atoms with E-state index in [1.54, 1.807) is 0 Å². The summed E-state index contributed by atoms with van der Waals surface area (Å²) in [4.78, 5) is 2.50. The molecule has 0 bridgehead atoms. The fourth-order valence-electron chi connectivity index (χ4n) is 4.14. The second-order valence-corrected chi connectivity index (χ2v) is 7.31. The summed E-state index contributed by atoms with van der Waals surface area (Å²) in [7, 11) is 0. The highest BCUT2D eigenvalue weighted by atomic mass is 16.5. The van der Waals surface area contributed by atoms with Crippen LogP contribution in [0.4, 0.5) is 0 Å². The molecule has 2 atom stereocenters. The second kappa shape index (κ2) is 7.14. The van der Waals surface area contributed by atoms with Crippen molar-refractivity contribution in [1.82, 2.24) is 14.7 Å². The van der Waals surface area contributed by atoms with E-state index < -0.39 is 0 Å². The van der Waals surface area contributed by atoms with E-state index >= 15 is 0 Å². The lowest BCUT2D eigenvalue weighted by atomic mass is 9.92. The van der Waals surface area contributed by atoms with Gasteiger partial charge in [0.05, 0.1) is 29.8 Å². The second-order valence-electron chi connectivity index (χ2n) is 7.31. The lowest BCUT2D eigenvalue weighted by Crippen LogP contribution is -2.45. The Morgan fingerprint density at radius 1 is 1.12 bits per heavy atom. The quantitative estimate of drug-likeness (QED) is 0.855. The predicted octanol–water partition coefficient (Wildman–Crippen LogP) is 3.70. The van der Waals surface area contributed by atoms with Gasteiger partial charge in [0.15, 0.2) is 0 Å². The number of benzene rings is 1. The minimum atomic E-state index is 0.324. The maximum atomic E-state index is 5.84. The number of nitrogens with zero attached hydrogens (tertiary/aromatic N) is 3. The lowest BCUT2D eigenvalue weighted by Gasteiger charge is -2.34. The molecule has 2 aliphatic rings. The maximum Gasteiger partial charge on any atom is 0.0678 e. The standard InChI is InChI=1S/C21H27N3O/c1-16-14-23(15-17(2)25-16)12-11-18-7-6-10-21-20(18)13-22-24(21)19-8-4-3-5-9-19/h3-5,8-9,11,13,16-17H,6-7,10,12,14-15H2,1-2H3/t16-,17+. The summed E-state index contributed by atoms with van der Waals surface area (Å²) in [6.45, 7) is 7.37. The van der Waals surface area contributed by atoms with Crippen LogP contribution in [-0.4, -0.2) is 46.5 Å². The van der Waals surface area contributed by atoms with Crippen LogP contribution in [0.25, 0.3) is 11.3 Å². The topological polar surface area (TPSA) is 30.3 Å². The van der Waals surface area contributed by atoms with E-state index in [2.05, 4.69) is 71.1 Å². The van der Waals surface area contributed by atoms with Gasteiger partial charge < -0.3 is 4.74 Å². The Balaban J connectivity index is 1.55. The average molecular weight is 337 g/mol. The van der Waals surface area contributed by atoms with Crippen LogP contribution in [0.15, 0.2) is 42.6 Å². The fraction of sp³-hybridized carbons (Fsp3) is 0.476. The fourth-order valence-corrected chi connectivity index (χ4v) is 4.14. The Bertz CT molecular complexity index is 740. The third kappa shape index (κ3) is 3.55. The average Bonchev–Trinajstić information content (AvgIpc) is 3.04. The molecular weight excluding hydrogens is 310 g/mol. The highest BCUT2D eigenvalue weighted by Gasteiger charge is 2.23. The number of ether oxygens (including phenoxy) is 1. The van der Waals surface area contributed by atoms with Crippen molar-refractivity contribution in [2.45, 2.75) is 45.3 Å². The van der Waals surface area contributed by atoms with Gasteiger partial charge in [-0.1, -0.05) is 24.3 Å². The van der Waals surface area contributed by atoms with Crippen LogP contribution in [0.3, 0.4) is 0 Å². The van der Waals surface area contributed by atoms with Crippen molar-refractivity contribution in [2.24, 2.45) is 0 Å². The van der Waals surface area contributed by atoms with Crippen LogP contribution in [0.2, 0.25) is 0 Å². The number of hydrogen-bond donors (Lipinski definition) is 0. The van der Waals surface area contributed by atoms with Crippen LogP contribution in [0.5, 0.6) is 0 Å². The maximum absolute atomic E-state index is 5.84. The molecule has 1 aliphatic carbocycles. The van der Waals surface area contributed by atoms with Gasteiger partial charge in [-0.15, -0.1) is 0 Å². The van der Waals surface area contributed by atoms with Crippen LogP contribution >= 0.6 is 0 Å². The largest absolute Gasteiger partial charge is 0.373 e. The number of morpholine rings is 1. The van der Waals surface area contributed by atoms with E-state index in [1.807, 2.05) is 0 Å². The highest BCUT2D eigenvalue weighted by Crippen LogP contribution is 2.32. The molecule has 2 aromatic rings. The van der Waals surface area contributed by atoms with E-state index in [0.717, 1.165) is 38.2 Å². The summed E-state index contributed by atoms with van der Waals surface area (Å²) in [6.07, 6.45) is 8.58. The lowest BCUT2D eigenvalue weighted by molar-refractivity contribution is -0.0646. The van der Waals surface area contributed by atoms with Crippen LogP contribution in [0.1, 0.15) is 37.9 Å². The zero-order chi connectivity index (χ0) is 17.2. The van der Waals surface area contributed by atoms with Gasteiger partial charge >= 0.3 is 0 Å². The Morgan fingerprint density at radius 2 is 1.88 bits per heavy atom. The first-order chi connectivity index (χ1) is 12.2.